The number of carbonyl (C=O) groups is 1. The Labute approximate surface area is 148 Å². The number of nitrogens with zero attached hydrogens (tertiary/aromatic N) is 1. The summed E-state index contributed by atoms with van der Waals surface area (Å²) in [5.74, 6) is 0.305. The van der Waals surface area contributed by atoms with Crippen molar-refractivity contribution in [3.63, 3.8) is 0 Å². The van der Waals surface area contributed by atoms with Gasteiger partial charge in [0.05, 0.1) is 5.92 Å². The predicted octanol–water partition coefficient (Wildman–Crippen LogP) is 2.84. The van der Waals surface area contributed by atoms with Gasteiger partial charge in [-0.05, 0) is 43.0 Å². The van der Waals surface area contributed by atoms with Crippen molar-refractivity contribution >= 4 is 27.3 Å². The van der Waals surface area contributed by atoms with Crippen molar-refractivity contribution in [2.45, 2.75) is 55.7 Å². The summed E-state index contributed by atoms with van der Waals surface area (Å²) in [6.45, 7) is 3.00. The largest absolute Gasteiger partial charge is 0.353 e. The molecule has 1 N–H and O–H groups in total. The van der Waals surface area contributed by atoms with E-state index in [1.165, 1.54) is 28.5 Å². The van der Waals surface area contributed by atoms with Gasteiger partial charge in [0.2, 0.25) is 5.91 Å². The van der Waals surface area contributed by atoms with Gasteiger partial charge in [0, 0.05) is 19.1 Å². The average Bonchev–Trinajstić information content (AvgIpc) is 3.12. The molecule has 1 aliphatic heterocycles. The first-order chi connectivity index (χ1) is 11.5. The lowest BCUT2D eigenvalue weighted by Crippen LogP contribution is -2.49. The molecule has 0 spiro atoms. The van der Waals surface area contributed by atoms with E-state index in [1.54, 1.807) is 17.5 Å². The Hall–Kier alpha value is -0.920. The second-order valence-corrected chi connectivity index (χ2v) is 10.1. The Morgan fingerprint density at radius 1 is 1.25 bits per heavy atom. The highest BCUT2D eigenvalue weighted by molar-refractivity contribution is 7.91. The normalized spacial score (nSPS) is 29.3. The third kappa shape index (κ3) is 3.83. The number of hydrogen-bond acceptors (Lipinski definition) is 4. The van der Waals surface area contributed by atoms with Gasteiger partial charge in [0.25, 0.3) is 10.0 Å². The van der Waals surface area contributed by atoms with Crippen molar-refractivity contribution in [1.29, 1.82) is 0 Å². The van der Waals surface area contributed by atoms with Gasteiger partial charge < -0.3 is 5.32 Å². The first kappa shape index (κ1) is 17.9. The minimum absolute atomic E-state index is 0.0276. The SMILES string of the molecule is CC1CCCCC1NC(=O)C1CCCN(S(=O)(=O)c2cccs2)C1. The zero-order valence-corrected chi connectivity index (χ0v) is 15.7. The van der Waals surface area contributed by atoms with Gasteiger partial charge in [-0.2, -0.15) is 4.31 Å². The van der Waals surface area contributed by atoms with Crippen molar-refractivity contribution in [2.24, 2.45) is 11.8 Å². The van der Waals surface area contributed by atoms with E-state index in [9.17, 15) is 13.2 Å². The molecule has 7 heteroatoms. The highest BCUT2D eigenvalue weighted by Crippen LogP contribution is 2.28. The predicted molar refractivity (Wildman–Crippen MR) is 95.4 cm³/mol. The lowest BCUT2D eigenvalue weighted by atomic mass is 9.85. The fourth-order valence-electron chi connectivity index (χ4n) is 3.74. The molecule has 5 nitrogen and oxygen atoms in total. The van der Waals surface area contributed by atoms with E-state index in [0.29, 0.717) is 23.2 Å². The van der Waals surface area contributed by atoms with E-state index in [1.807, 2.05) is 0 Å². The van der Waals surface area contributed by atoms with E-state index in [4.69, 9.17) is 0 Å². The van der Waals surface area contributed by atoms with Crippen LogP contribution in [0.3, 0.4) is 0 Å². The van der Waals surface area contributed by atoms with Gasteiger partial charge in [-0.25, -0.2) is 8.42 Å². The number of piperidine rings is 1. The first-order valence-corrected chi connectivity index (χ1v) is 11.1. The molecule has 1 saturated carbocycles. The number of thiophene rings is 1. The maximum absolute atomic E-state index is 12.7. The van der Waals surface area contributed by atoms with Gasteiger partial charge in [-0.1, -0.05) is 25.8 Å². The summed E-state index contributed by atoms with van der Waals surface area (Å²) in [5.41, 5.74) is 0. The number of sulfonamides is 1. The summed E-state index contributed by atoms with van der Waals surface area (Å²) in [4.78, 5) is 12.6. The number of hydrogen-bond donors (Lipinski definition) is 1. The lowest BCUT2D eigenvalue weighted by Gasteiger charge is -2.34. The van der Waals surface area contributed by atoms with Gasteiger partial charge >= 0.3 is 0 Å². The quantitative estimate of drug-likeness (QED) is 0.886. The van der Waals surface area contributed by atoms with Crippen molar-refractivity contribution in [2.75, 3.05) is 13.1 Å². The molecule has 1 aromatic rings. The Bertz CT molecular complexity index is 657. The van der Waals surface area contributed by atoms with E-state index < -0.39 is 10.0 Å². The van der Waals surface area contributed by atoms with Crippen LogP contribution in [0.25, 0.3) is 0 Å². The summed E-state index contributed by atoms with van der Waals surface area (Å²) in [7, 11) is -3.46. The average molecular weight is 371 g/mol. The minimum Gasteiger partial charge on any atom is -0.353 e. The first-order valence-electron chi connectivity index (χ1n) is 8.82. The molecule has 0 aromatic carbocycles. The van der Waals surface area contributed by atoms with E-state index in [0.717, 1.165) is 25.7 Å². The molecule has 3 atom stereocenters. The third-order valence-electron chi connectivity index (χ3n) is 5.28. The summed E-state index contributed by atoms with van der Waals surface area (Å²) in [5, 5.41) is 4.96. The molecule has 0 radical (unpaired) electrons. The molecule has 2 aliphatic rings. The molecule has 24 heavy (non-hydrogen) atoms. The van der Waals surface area contributed by atoms with Crippen molar-refractivity contribution in [3.8, 4) is 0 Å². The monoisotopic (exact) mass is 370 g/mol. The summed E-state index contributed by atoms with van der Waals surface area (Å²) >= 11 is 1.23. The Kier molecular flexibility index (Phi) is 5.62. The van der Waals surface area contributed by atoms with E-state index >= 15 is 0 Å². The van der Waals surface area contributed by atoms with Crippen LogP contribution in [-0.4, -0.2) is 37.8 Å². The zero-order valence-electron chi connectivity index (χ0n) is 14.1. The van der Waals surface area contributed by atoms with Crippen LogP contribution in [0.2, 0.25) is 0 Å². The smallest absolute Gasteiger partial charge is 0.252 e. The molecule has 1 saturated heterocycles. The minimum atomic E-state index is -3.46. The summed E-state index contributed by atoms with van der Waals surface area (Å²) < 4.78 is 27.2. The Balaban J connectivity index is 1.64. The molecule has 2 fully saturated rings. The molecule has 2 heterocycles. The molecule has 134 valence electrons. The Morgan fingerprint density at radius 2 is 2.04 bits per heavy atom. The highest BCUT2D eigenvalue weighted by atomic mass is 32.2. The molecule has 1 aliphatic carbocycles. The van der Waals surface area contributed by atoms with Gasteiger partial charge in [-0.15, -0.1) is 11.3 Å². The second kappa shape index (κ2) is 7.54. The summed E-state index contributed by atoms with van der Waals surface area (Å²) in [6.07, 6.45) is 6.11. The van der Waals surface area contributed by atoms with Crippen LogP contribution in [0.4, 0.5) is 0 Å². The Morgan fingerprint density at radius 3 is 2.75 bits per heavy atom. The zero-order chi connectivity index (χ0) is 17.2. The number of nitrogens with one attached hydrogen (secondary N) is 1. The van der Waals surface area contributed by atoms with Crippen LogP contribution in [0.5, 0.6) is 0 Å². The van der Waals surface area contributed by atoms with Gasteiger partial charge in [0.1, 0.15) is 4.21 Å². The maximum Gasteiger partial charge on any atom is 0.252 e. The van der Waals surface area contributed by atoms with E-state index in [-0.39, 0.29) is 17.9 Å². The molecular weight excluding hydrogens is 344 g/mol. The number of rotatable bonds is 4. The lowest BCUT2D eigenvalue weighted by molar-refractivity contribution is -0.127. The second-order valence-electron chi connectivity index (χ2n) is 7.01. The van der Waals surface area contributed by atoms with Gasteiger partial charge in [0.15, 0.2) is 0 Å². The maximum atomic E-state index is 12.7. The van der Waals surface area contributed by atoms with Crippen LogP contribution >= 0.6 is 11.3 Å². The third-order valence-corrected chi connectivity index (χ3v) is 8.52. The molecular formula is C17H26N2O3S2. The molecule has 0 bridgehead atoms. The van der Waals surface area contributed by atoms with Crippen LogP contribution in [0, 0.1) is 11.8 Å². The number of amides is 1. The van der Waals surface area contributed by atoms with Crippen molar-refractivity contribution in [3.05, 3.63) is 17.5 Å². The van der Waals surface area contributed by atoms with Crippen LogP contribution in [0.15, 0.2) is 21.7 Å². The highest BCUT2D eigenvalue weighted by Gasteiger charge is 2.35. The van der Waals surface area contributed by atoms with Crippen LogP contribution in [0.1, 0.15) is 45.4 Å². The summed E-state index contributed by atoms with van der Waals surface area (Å²) in [6, 6.07) is 3.62. The fourth-order valence-corrected chi connectivity index (χ4v) is 6.41. The van der Waals surface area contributed by atoms with Crippen molar-refractivity contribution < 1.29 is 13.2 Å². The van der Waals surface area contributed by atoms with Crippen LogP contribution in [-0.2, 0) is 14.8 Å². The fraction of sp³-hybridized carbons (Fsp3) is 0.706. The number of carbonyl (C=O) groups excluding carboxylic acids is 1. The standard InChI is InChI=1S/C17H26N2O3S2/c1-13-6-2-3-8-15(13)18-17(20)14-7-4-10-19(12-14)24(21,22)16-9-5-11-23-16/h5,9,11,13-15H,2-4,6-8,10,12H2,1H3,(H,18,20). The topological polar surface area (TPSA) is 66.5 Å². The molecule has 1 amide bonds. The van der Waals surface area contributed by atoms with E-state index in [2.05, 4.69) is 12.2 Å². The molecule has 1 aromatic heterocycles. The molecule has 3 unspecified atom stereocenters. The van der Waals surface area contributed by atoms with Crippen LogP contribution < -0.4 is 5.32 Å². The van der Waals surface area contributed by atoms with Gasteiger partial charge in [-0.3, -0.25) is 4.79 Å². The molecule has 3 rings (SSSR count). The van der Waals surface area contributed by atoms with Crippen molar-refractivity contribution in [1.82, 2.24) is 9.62 Å².